The first-order valence-corrected chi connectivity index (χ1v) is 20.7. The molecule has 0 saturated carbocycles. The van der Waals surface area contributed by atoms with Gasteiger partial charge < -0.3 is 34.6 Å². The van der Waals surface area contributed by atoms with E-state index >= 15 is 13.2 Å². The van der Waals surface area contributed by atoms with E-state index in [4.69, 9.17) is 25.9 Å². The molecule has 2 N–H and O–H groups in total. The molecule has 15 heteroatoms. The second-order valence-electron chi connectivity index (χ2n) is 17.2. The molecule has 4 aromatic rings. The molecule has 0 spiro atoms. The summed E-state index contributed by atoms with van der Waals surface area (Å²) in [5.41, 5.74) is -0.315. The van der Waals surface area contributed by atoms with Crippen molar-refractivity contribution in [2.24, 2.45) is 0 Å². The topological polar surface area (TPSA) is 129 Å². The number of carbonyl (C=O) groups excluding carboxylic acids is 1. The van der Waals surface area contributed by atoms with E-state index in [0.29, 0.717) is 60.9 Å². The SMILES string of the molecule is C#Cc1c(F)ccc2c1[C@H](c1ncc3c(N4CCCCC(NC(=O)C=C)C4)nc(OC[C@]4(C)C[C@@H](F)CN4c4ccc(N5CCOC[C@@H]5C)cn4)nc3c1F)C[C@@](C)(O)C2. The number of pyridine rings is 2. The zero-order valence-electron chi connectivity index (χ0n) is 34.3. The van der Waals surface area contributed by atoms with Gasteiger partial charge in [-0.3, -0.25) is 9.78 Å². The molecule has 12 nitrogen and oxygen atoms in total. The number of nitrogens with zero attached hydrogens (tertiary/aromatic N) is 7. The van der Waals surface area contributed by atoms with E-state index in [1.165, 1.54) is 18.3 Å². The molecule has 60 heavy (non-hydrogen) atoms. The number of alkyl halides is 1. The van der Waals surface area contributed by atoms with Gasteiger partial charge >= 0.3 is 6.01 Å². The maximum atomic E-state index is 17.4. The van der Waals surface area contributed by atoms with Gasteiger partial charge in [0.1, 0.15) is 35.7 Å². The van der Waals surface area contributed by atoms with Gasteiger partial charge in [-0.2, -0.15) is 9.97 Å². The van der Waals surface area contributed by atoms with Gasteiger partial charge in [-0.1, -0.05) is 18.6 Å². The van der Waals surface area contributed by atoms with Crippen LogP contribution in [0.5, 0.6) is 6.01 Å². The third kappa shape index (κ3) is 8.07. The third-order valence-electron chi connectivity index (χ3n) is 12.4. The van der Waals surface area contributed by atoms with Gasteiger partial charge in [0, 0.05) is 56.7 Å². The number of halogens is 3. The molecule has 1 unspecified atom stereocenters. The van der Waals surface area contributed by atoms with Crippen molar-refractivity contribution in [3.63, 3.8) is 0 Å². The highest BCUT2D eigenvalue weighted by atomic mass is 19.1. The van der Waals surface area contributed by atoms with Crippen LogP contribution in [0.4, 0.5) is 30.5 Å². The third-order valence-corrected chi connectivity index (χ3v) is 12.4. The molecule has 1 aliphatic carbocycles. The van der Waals surface area contributed by atoms with Crippen LogP contribution in [0.2, 0.25) is 0 Å². The van der Waals surface area contributed by atoms with E-state index in [9.17, 15) is 9.90 Å². The minimum atomic E-state index is -1.26. The van der Waals surface area contributed by atoms with Gasteiger partial charge in [0.2, 0.25) is 5.91 Å². The van der Waals surface area contributed by atoms with Crippen molar-refractivity contribution in [2.75, 3.05) is 60.7 Å². The van der Waals surface area contributed by atoms with E-state index in [-0.39, 0.29) is 73.2 Å². The van der Waals surface area contributed by atoms with E-state index in [2.05, 4.69) is 39.6 Å². The Balaban J connectivity index is 1.17. The van der Waals surface area contributed by atoms with Crippen LogP contribution in [0.1, 0.15) is 81.2 Å². The number of amides is 1. The summed E-state index contributed by atoms with van der Waals surface area (Å²) in [6, 6.07) is 6.52. The minimum absolute atomic E-state index is 0.000752. The van der Waals surface area contributed by atoms with Crippen LogP contribution in [-0.4, -0.2) is 106 Å². The monoisotopic (exact) mass is 824 g/mol. The van der Waals surface area contributed by atoms with Crippen molar-refractivity contribution >= 4 is 34.1 Å². The quantitative estimate of drug-likeness (QED) is 0.158. The molecule has 4 aliphatic rings. The summed E-state index contributed by atoms with van der Waals surface area (Å²) in [5, 5.41) is 14.7. The van der Waals surface area contributed by atoms with Gasteiger partial charge in [-0.25, -0.2) is 18.2 Å². The lowest BCUT2D eigenvalue weighted by Gasteiger charge is -2.37. The Kier molecular flexibility index (Phi) is 11.4. The van der Waals surface area contributed by atoms with Gasteiger partial charge in [-0.15, -0.1) is 6.42 Å². The summed E-state index contributed by atoms with van der Waals surface area (Å²) in [6.45, 7) is 12.2. The zero-order valence-corrected chi connectivity index (χ0v) is 34.3. The van der Waals surface area contributed by atoms with E-state index in [0.717, 1.165) is 25.1 Å². The first kappa shape index (κ1) is 41.3. The van der Waals surface area contributed by atoms with E-state index < -0.39 is 34.9 Å². The highest BCUT2D eigenvalue weighted by Crippen LogP contribution is 2.45. The highest BCUT2D eigenvalue weighted by Gasteiger charge is 2.45. The molecule has 316 valence electrons. The molecule has 8 rings (SSSR count). The first-order valence-electron chi connectivity index (χ1n) is 20.7. The average Bonchev–Trinajstić information content (AvgIpc) is 3.36. The van der Waals surface area contributed by atoms with Crippen LogP contribution in [0.15, 0.2) is 49.3 Å². The minimum Gasteiger partial charge on any atom is -0.461 e. The summed E-state index contributed by atoms with van der Waals surface area (Å²) in [7, 11) is 0. The highest BCUT2D eigenvalue weighted by molar-refractivity contribution is 5.90. The first-order chi connectivity index (χ1) is 28.8. The number of nitrogens with one attached hydrogen (secondary N) is 1. The molecular weight excluding hydrogens is 774 g/mol. The second-order valence-corrected chi connectivity index (χ2v) is 17.2. The lowest BCUT2D eigenvalue weighted by molar-refractivity contribution is -0.117. The molecule has 0 bridgehead atoms. The van der Waals surface area contributed by atoms with Gasteiger partial charge in [0.25, 0.3) is 0 Å². The summed E-state index contributed by atoms with van der Waals surface area (Å²) in [4.78, 5) is 37.4. The maximum Gasteiger partial charge on any atom is 0.319 e. The van der Waals surface area contributed by atoms with Crippen LogP contribution in [0.3, 0.4) is 0 Å². The number of rotatable bonds is 9. The van der Waals surface area contributed by atoms with Crippen LogP contribution in [0, 0.1) is 24.0 Å². The van der Waals surface area contributed by atoms with E-state index in [1.807, 2.05) is 28.9 Å². The molecule has 1 amide bonds. The van der Waals surface area contributed by atoms with Crippen molar-refractivity contribution in [2.45, 2.75) is 94.6 Å². The number of hydrogen-bond acceptors (Lipinski definition) is 11. The zero-order chi connectivity index (χ0) is 42.3. The molecule has 3 aromatic heterocycles. The van der Waals surface area contributed by atoms with Gasteiger partial charge in [-0.05, 0) is 81.9 Å². The fraction of sp³-hybridized carbons (Fsp3) is 0.489. The second kappa shape index (κ2) is 16.5. The van der Waals surface area contributed by atoms with Crippen molar-refractivity contribution < 1.29 is 32.5 Å². The van der Waals surface area contributed by atoms with Crippen molar-refractivity contribution in [1.82, 2.24) is 25.3 Å². The molecule has 0 radical (unpaired) electrons. The van der Waals surface area contributed by atoms with Crippen molar-refractivity contribution in [3.05, 3.63) is 83.3 Å². The fourth-order valence-corrected chi connectivity index (χ4v) is 9.51. The number of aromatic nitrogens is 4. The number of anilines is 3. The average molecular weight is 825 g/mol. The van der Waals surface area contributed by atoms with Crippen molar-refractivity contribution in [3.8, 4) is 18.4 Å². The summed E-state index contributed by atoms with van der Waals surface area (Å²) >= 11 is 0. The van der Waals surface area contributed by atoms with Crippen LogP contribution >= 0.6 is 0 Å². The number of morpholine rings is 1. The fourth-order valence-electron chi connectivity index (χ4n) is 9.51. The predicted molar refractivity (Wildman–Crippen MR) is 223 cm³/mol. The summed E-state index contributed by atoms with van der Waals surface area (Å²) < 4.78 is 59.9. The maximum absolute atomic E-state index is 17.4. The molecule has 3 aliphatic heterocycles. The molecule has 3 saturated heterocycles. The molecule has 3 fully saturated rings. The number of ether oxygens (including phenoxy) is 2. The number of fused-ring (bicyclic) bond motifs is 2. The summed E-state index contributed by atoms with van der Waals surface area (Å²) in [5.74, 6) is 0.784. The number of aliphatic hydroxyl groups is 1. The Hall–Kier alpha value is -5.46. The normalized spacial score (nSPS) is 26.9. The van der Waals surface area contributed by atoms with Crippen LogP contribution < -0.4 is 24.8 Å². The lowest BCUT2D eigenvalue weighted by atomic mass is 9.72. The molecule has 6 atom stereocenters. The van der Waals surface area contributed by atoms with Crippen LogP contribution in [0.25, 0.3) is 10.9 Å². The van der Waals surface area contributed by atoms with Crippen molar-refractivity contribution in [1.29, 1.82) is 0 Å². The molecular formula is C45H51F3N8O4. The smallest absolute Gasteiger partial charge is 0.319 e. The number of benzene rings is 1. The number of hydrogen-bond donors (Lipinski definition) is 2. The Morgan fingerprint density at radius 2 is 1.97 bits per heavy atom. The Labute approximate surface area is 348 Å². The Morgan fingerprint density at radius 1 is 1.13 bits per heavy atom. The van der Waals surface area contributed by atoms with Gasteiger partial charge in [0.05, 0.1) is 59.4 Å². The number of carbonyl (C=O) groups is 1. The molecule has 1 aromatic carbocycles. The largest absolute Gasteiger partial charge is 0.461 e. The predicted octanol–water partition coefficient (Wildman–Crippen LogP) is 5.78. The molecule has 6 heterocycles. The van der Waals surface area contributed by atoms with Crippen LogP contribution in [-0.2, 0) is 16.0 Å². The lowest BCUT2D eigenvalue weighted by Crippen LogP contribution is -2.47. The standard InChI is InChI=1S/C45H51F3N8O4/c1-6-32-35(47)13-11-28-18-45(5,58)20-33(38(28)32)40-39(48)41-34(22-50-40)42(54-15-9-8-10-30(24-54)51-37(57)7-2)53-43(52-41)60-26-44(4)19-29(46)23-56(44)36-14-12-31(21-49-36)55-16-17-59-25-27(55)3/h1,7,11-14,21-22,27,29-30,33,58H,2,8-10,15-20,23-26H2,3-5H3,(H,51,57)/t27-,29+,30?,33+,44-,45-/m0/s1. The van der Waals surface area contributed by atoms with Gasteiger partial charge in [0.15, 0.2) is 5.82 Å². The summed E-state index contributed by atoms with van der Waals surface area (Å²) in [6.07, 6.45) is 11.9. The number of terminal acetylenes is 1. The van der Waals surface area contributed by atoms with E-state index in [1.54, 1.807) is 19.2 Å². The Morgan fingerprint density at radius 3 is 2.72 bits per heavy atom. The Bertz CT molecular complexity index is 2320.